The average Bonchev–Trinajstić information content (AvgIpc) is 3.11. The molecule has 0 atom stereocenters. The molecule has 0 fully saturated rings. The molecule has 144 valence electrons. The SMILES string of the molecule is CCCCCc1ccc(C(=O)c2cc3cc(/C=C(\C)C(=O)O)ccc3o2)cc1. The summed E-state index contributed by atoms with van der Waals surface area (Å²) in [5, 5.41) is 9.78. The van der Waals surface area contributed by atoms with Crippen LogP contribution in [-0.2, 0) is 11.2 Å². The van der Waals surface area contributed by atoms with E-state index in [4.69, 9.17) is 9.52 Å². The molecular formula is C24H24O4. The second-order valence-electron chi connectivity index (χ2n) is 7.02. The number of aliphatic carboxylic acids is 1. The fraction of sp³-hybridized carbons (Fsp3) is 0.250. The molecule has 2 aromatic carbocycles. The van der Waals surface area contributed by atoms with Gasteiger partial charge in [0.25, 0.3) is 0 Å². The van der Waals surface area contributed by atoms with Crippen molar-refractivity contribution >= 4 is 28.8 Å². The third-order valence-electron chi connectivity index (χ3n) is 4.77. The van der Waals surface area contributed by atoms with Gasteiger partial charge in [0.05, 0.1) is 0 Å². The monoisotopic (exact) mass is 376 g/mol. The number of carbonyl (C=O) groups is 2. The zero-order valence-corrected chi connectivity index (χ0v) is 16.2. The first-order chi connectivity index (χ1) is 13.5. The maximum Gasteiger partial charge on any atom is 0.331 e. The number of carboxylic acid groups (broad SMARTS) is 1. The normalized spacial score (nSPS) is 11.7. The summed E-state index contributed by atoms with van der Waals surface area (Å²) in [4.78, 5) is 23.7. The number of hydrogen-bond donors (Lipinski definition) is 1. The molecule has 0 aliphatic heterocycles. The lowest BCUT2D eigenvalue weighted by Crippen LogP contribution is -1.99. The highest BCUT2D eigenvalue weighted by atomic mass is 16.4. The van der Waals surface area contributed by atoms with Crippen LogP contribution in [0.4, 0.5) is 0 Å². The van der Waals surface area contributed by atoms with Gasteiger partial charge in [0.15, 0.2) is 5.76 Å². The van der Waals surface area contributed by atoms with E-state index in [0.717, 1.165) is 23.8 Å². The minimum atomic E-state index is -0.957. The summed E-state index contributed by atoms with van der Waals surface area (Å²) < 4.78 is 5.71. The maximum absolute atomic E-state index is 12.8. The van der Waals surface area contributed by atoms with E-state index in [1.54, 1.807) is 31.2 Å². The zero-order chi connectivity index (χ0) is 20.1. The standard InChI is InChI=1S/C24H24O4/c1-3-4-5-6-17-7-10-19(11-8-17)23(25)22-15-20-14-18(9-12-21(20)28-22)13-16(2)24(26)27/h7-15H,3-6H2,1-2H3,(H,26,27)/b16-13+. The second-order valence-corrected chi connectivity index (χ2v) is 7.02. The van der Waals surface area contributed by atoms with Crippen molar-refractivity contribution in [2.24, 2.45) is 0 Å². The van der Waals surface area contributed by atoms with Crippen LogP contribution in [0.5, 0.6) is 0 Å². The summed E-state index contributed by atoms with van der Waals surface area (Å²) in [6.45, 7) is 3.73. The van der Waals surface area contributed by atoms with Crippen LogP contribution in [0.25, 0.3) is 17.0 Å². The number of carboxylic acids is 1. The second kappa shape index (κ2) is 8.70. The van der Waals surface area contributed by atoms with E-state index >= 15 is 0 Å². The minimum absolute atomic E-state index is 0.157. The van der Waals surface area contributed by atoms with Gasteiger partial charge >= 0.3 is 5.97 Å². The van der Waals surface area contributed by atoms with Crippen LogP contribution in [0.3, 0.4) is 0 Å². The van der Waals surface area contributed by atoms with Crippen LogP contribution < -0.4 is 0 Å². The van der Waals surface area contributed by atoms with Gasteiger partial charge < -0.3 is 9.52 Å². The number of ketones is 1. The number of rotatable bonds is 8. The number of unbranched alkanes of at least 4 members (excludes halogenated alkanes) is 2. The van der Waals surface area contributed by atoms with Crippen LogP contribution in [0, 0.1) is 0 Å². The van der Waals surface area contributed by atoms with Gasteiger partial charge in [-0.15, -0.1) is 0 Å². The molecule has 28 heavy (non-hydrogen) atoms. The number of hydrogen-bond acceptors (Lipinski definition) is 3. The van der Waals surface area contributed by atoms with Crippen LogP contribution >= 0.6 is 0 Å². The lowest BCUT2D eigenvalue weighted by molar-refractivity contribution is -0.132. The average molecular weight is 376 g/mol. The summed E-state index contributed by atoms with van der Waals surface area (Å²) in [6, 6.07) is 14.8. The molecule has 0 unspecified atom stereocenters. The van der Waals surface area contributed by atoms with E-state index in [2.05, 4.69) is 6.92 Å². The Labute approximate surface area is 164 Å². The van der Waals surface area contributed by atoms with Crippen LogP contribution in [0.1, 0.15) is 60.4 Å². The summed E-state index contributed by atoms with van der Waals surface area (Å²) in [6.07, 6.45) is 6.18. The lowest BCUT2D eigenvalue weighted by Gasteiger charge is -2.02. The van der Waals surface area contributed by atoms with E-state index in [0.29, 0.717) is 11.1 Å². The predicted molar refractivity (Wildman–Crippen MR) is 111 cm³/mol. The highest BCUT2D eigenvalue weighted by Gasteiger charge is 2.15. The molecule has 4 nitrogen and oxygen atoms in total. The molecule has 0 saturated carbocycles. The molecule has 3 rings (SSSR count). The number of carbonyl (C=O) groups excluding carboxylic acids is 1. The minimum Gasteiger partial charge on any atom is -0.478 e. The largest absolute Gasteiger partial charge is 0.478 e. The predicted octanol–water partition coefficient (Wildman–Crippen LogP) is 5.88. The topological polar surface area (TPSA) is 67.5 Å². The first kappa shape index (κ1) is 19.6. The van der Waals surface area contributed by atoms with Crippen molar-refractivity contribution in [1.82, 2.24) is 0 Å². The fourth-order valence-corrected chi connectivity index (χ4v) is 3.12. The van der Waals surface area contributed by atoms with Crippen molar-refractivity contribution in [3.05, 3.63) is 76.6 Å². The molecule has 0 spiro atoms. The van der Waals surface area contributed by atoms with E-state index in [1.807, 2.05) is 30.3 Å². The Hall–Kier alpha value is -3.14. The van der Waals surface area contributed by atoms with Gasteiger partial charge in [-0.3, -0.25) is 4.79 Å². The Kier molecular flexibility index (Phi) is 6.09. The molecule has 0 amide bonds. The number of benzene rings is 2. The summed E-state index contributed by atoms with van der Waals surface area (Å²) in [7, 11) is 0. The summed E-state index contributed by atoms with van der Waals surface area (Å²) >= 11 is 0. The van der Waals surface area contributed by atoms with E-state index < -0.39 is 5.97 Å². The first-order valence-corrected chi connectivity index (χ1v) is 9.56. The van der Waals surface area contributed by atoms with E-state index in [9.17, 15) is 9.59 Å². The van der Waals surface area contributed by atoms with Crippen LogP contribution in [0.15, 0.2) is 58.5 Å². The Morgan fingerprint density at radius 3 is 2.46 bits per heavy atom. The van der Waals surface area contributed by atoms with Crippen LogP contribution in [0.2, 0.25) is 0 Å². The zero-order valence-electron chi connectivity index (χ0n) is 16.2. The molecule has 4 heteroatoms. The number of fused-ring (bicyclic) bond motifs is 1. The molecule has 1 N–H and O–H groups in total. The van der Waals surface area contributed by atoms with Gasteiger partial charge in [-0.25, -0.2) is 4.79 Å². The van der Waals surface area contributed by atoms with Crippen molar-refractivity contribution in [3.63, 3.8) is 0 Å². The molecule has 0 radical (unpaired) electrons. The third-order valence-corrected chi connectivity index (χ3v) is 4.77. The van der Waals surface area contributed by atoms with Crippen molar-refractivity contribution in [3.8, 4) is 0 Å². The molecule has 1 heterocycles. The Bertz CT molecular complexity index is 1020. The molecule has 1 aromatic heterocycles. The van der Waals surface area contributed by atoms with E-state index in [-0.39, 0.29) is 17.1 Å². The van der Waals surface area contributed by atoms with Gasteiger partial charge in [-0.05, 0) is 55.2 Å². The molecule has 0 bridgehead atoms. The smallest absolute Gasteiger partial charge is 0.331 e. The highest BCUT2D eigenvalue weighted by Crippen LogP contribution is 2.24. The van der Waals surface area contributed by atoms with Crippen LogP contribution in [-0.4, -0.2) is 16.9 Å². The molecular weight excluding hydrogens is 352 g/mol. The third kappa shape index (κ3) is 4.58. The highest BCUT2D eigenvalue weighted by molar-refractivity contribution is 6.09. The van der Waals surface area contributed by atoms with Gasteiger partial charge in [0.2, 0.25) is 5.78 Å². The van der Waals surface area contributed by atoms with Gasteiger partial charge in [-0.2, -0.15) is 0 Å². The summed E-state index contributed by atoms with van der Waals surface area (Å²) in [5.41, 5.74) is 3.44. The quantitative estimate of drug-likeness (QED) is 0.303. The summed E-state index contributed by atoms with van der Waals surface area (Å²) in [5.74, 6) is -0.832. The van der Waals surface area contributed by atoms with Crippen molar-refractivity contribution in [2.45, 2.75) is 39.5 Å². The Morgan fingerprint density at radius 1 is 1.04 bits per heavy atom. The maximum atomic E-state index is 12.8. The van der Waals surface area contributed by atoms with E-state index in [1.165, 1.54) is 18.4 Å². The van der Waals surface area contributed by atoms with Crippen molar-refractivity contribution in [2.75, 3.05) is 0 Å². The number of aryl methyl sites for hydroxylation is 1. The Morgan fingerprint density at radius 2 is 1.79 bits per heavy atom. The fourth-order valence-electron chi connectivity index (χ4n) is 3.12. The van der Waals surface area contributed by atoms with Crippen molar-refractivity contribution in [1.29, 1.82) is 0 Å². The van der Waals surface area contributed by atoms with Gasteiger partial charge in [-0.1, -0.05) is 50.1 Å². The Balaban J connectivity index is 1.80. The van der Waals surface area contributed by atoms with Crippen molar-refractivity contribution < 1.29 is 19.1 Å². The number of furan rings is 1. The molecule has 0 aliphatic carbocycles. The molecule has 0 saturated heterocycles. The van der Waals surface area contributed by atoms with Gasteiger partial charge in [0, 0.05) is 16.5 Å². The lowest BCUT2D eigenvalue weighted by atomic mass is 10.0. The molecule has 3 aromatic rings. The molecule has 0 aliphatic rings. The first-order valence-electron chi connectivity index (χ1n) is 9.56. The van der Waals surface area contributed by atoms with Gasteiger partial charge in [0.1, 0.15) is 5.58 Å².